The van der Waals surface area contributed by atoms with Gasteiger partial charge in [-0.25, -0.2) is 4.52 Å². The summed E-state index contributed by atoms with van der Waals surface area (Å²) in [5.41, 5.74) is 0.915. The van der Waals surface area contributed by atoms with Crippen LogP contribution in [0.1, 0.15) is 0 Å². The van der Waals surface area contributed by atoms with Crippen LogP contribution in [0.5, 0.6) is 0 Å². The first kappa shape index (κ1) is 6.65. The van der Waals surface area contributed by atoms with Gasteiger partial charge < -0.3 is 0 Å². The molecule has 13 heavy (non-hydrogen) atoms. The lowest BCUT2D eigenvalue weighted by Crippen LogP contribution is -1.98. The first-order valence-corrected chi connectivity index (χ1v) is 4.12. The van der Waals surface area contributed by atoms with Gasteiger partial charge in [-0.3, -0.25) is 0 Å². The van der Waals surface area contributed by atoms with Gasteiger partial charge in [0.15, 0.2) is 5.65 Å². The Labute approximate surface area is 74.4 Å². The van der Waals surface area contributed by atoms with E-state index in [1.54, 1.807) is 4.80 Å². The number of fused-ring (bicyclic) bond motifs is 3. The van der Waals surface area contributed by atoms with E-state index in [4.69, 9.17) is 0 Å². The van der Waals surface area contributed by atoms with Gasteiger partial charge in [0.05, 0.1) is 0 Å². The summed E-state index contributed by atoms with van der Waals surface area (Å²) in [6.07, 6.45) is 2.03. The normalized spacial score (nSPS) is 11.5. The second-order valence-electron chi connectivity index (χ2n) is 3.06. The Balaban J connectivity index is 2.64. The molecule has 0 aliphatic heterocycles. The highest BCUT2D eigenvalue weighted by molar-refractivity contribution is 5.94. The summed E-state index contributed by atoms with van der Waals surface area (Å²) in [4.78, 5) is 1.72. The molecule has 0 aliphatic carbocycles. The highest BCUT2D eigenvalue weighted by atomic mass is 15.6. The van der Waals surface area contributed by atoms with Crippen LogP contribution in [0.4, 0.5) is 0 Å². The van der Waals surface area contributed by atoms with Crippen molar-refractivity contribution in [1.29, 1.82) is 0 Å². The molecule has 0 spiro atoms. The van der Waals surface area contributed by atoms with Crippen LogP contribution in [0.3, 0.4) is 0 Å². The zero-order valence-electron chi connectivity index (χ0n) is 7.18. The van der Waals surface area contributed by atoms with Crippen molar-refractivity contribution >= 4 is 16.4 Å². The van der Waals surface area contributed by atoms with Gasteiger partial charge >= 0.3 is 0 Å². The highest BCUT2D eigenvalue weighted by Gasteiger charge is 2.05. The molecule has 2 heterocycles. The maximum atomic E-state index is 4.08. The van der Waals surface area contributed by atoms with Crippen LogP contribution >= 0.6 is 0 Å². The maximum Gasteiger partial charge on any atom is 0.185 e. The van der Waals surface area contributed by atoms with Gasteiger partial charge in [-0.15, -0.1) is 5.10 Å². The molecule has 0 bridgehead atoms. The van der Waals surface area contributed by atoms with Crippen molar-refractivity contribution in [2.75, 3.05) is 0 Å². The Morgan fingerprint density at radius 2 is 2.08 bits per heavy atom. The van der Waals surface area contributed by atoms with Crippen molar-refractivity contribution in [3.05, 3.63) is 30.5 Å². The van der Waals surface area contributed by atoms with Crippen molar-refractivity contribution in [3.8, 4) is 0 Å². The van der Waals surface area contributed by atoms with Crippen molar-refractivity contribution in [2.24, 2.45) is 7.05 Å². The fourth-order valence-corrected chi connectivity index (χ4v) is 1.60. The molecule has 0 amide bonds. The van der Waals surface area contributed by atoms with Crippen molar-refractivity contribution in [1.82, 2.24) is 19.6 Å². The van der Waals surface area contributed by atoms with Gasteiger partial charge in [-0.2, -0.15) is 4.80 Å². The molecule has 2 aromatic heterocycles. The lowest BCUT2D eigenvalue weighted by atomic mass is 10.2. The molecule has 0 atom stereocenters. The highest BCUT2D eigenvalue weighted by Crippen LogP contribution is 2.18. The lowest BCUT2D eigenvalue weighted by molar-refractivity contribution is 0.590. The van der Waals surface area contributed by atoms with Crippen LogP contribution in [-0.2, 0) is 7.05 Å². The molecule has 0 saturated heterocycles. The summed E-state index contributed by atoms with van der Waals surface area (Å²) < 4.78 is 1.94. The molecule has 0 saturated carbocycles. The van der Waals surface area contributed by atoms with Crippen LogP contribution in [-0.4, -0.2) is 19.6 Å². The molecule has 0 radical (unpaired) electrons. The maximum absolute atomic E-state index is 4.08. The van der Waals surface area contributed by atoms with Gasteiger partial charge in [0.2, 0.25) is 0 Å². The molecule has 3 aromatic rings. The van der Waals surface area contributed by atoms with E-state index in [0.29, 0.717) is 0 Å². The Morgan fingerprint density at radius 1 is 1.23 bits per heavy atom. The average Bonchev–Trinajstić information content (AvgIpc) is 2.67. The summed E-state index contributed by atoms with van der Waals surface area (Å²) in [6.45, 7) is 0. The van der Waals surface area contributed by atoms with E-state index in [1.165, 1.54) is 5.39 Å². The number of aryl methyl sites for hydroxylation is 1. The summed E-state index contributed by atoms with van der Waals surface area (Å²) in [5.74, 6) is 0. The van der Waals surface area contributed by atoms with Crippen molar-refractivity contribution in [2.45, 2.75) is 0 Å². The zero-order valence-corrected chi connectivity index (χ0v) is 7.18. The predicted octanol–water partition coefficient (Wildman–Crippen LogP) is 1.22. The lowest BCUT2D eigenvalue weighted by Gasteiger charge is -1.86. The largest absolute Gasteiger partial charge is 0.223 e. The van der Waals surface area contributed by atoms with Gasteiger partial charge in [0, 0.05) is 24.0 Å². The Bertz CT molecular complexity index is 575. The number of aromatic nitrogens is 4. The standard InChI is InChI=1S/C9H8N4/c1-12-11-10-9-8-5-3-2-4-7(8)6-13(9)12/h2-6H,1H3. The van der Waals surface area contributed by atoms with E-state index in [1.807, 2.05) is 29.9 Å². The zero-order chi connectivity index (χ0) is 8.84. The predicted molar refractivity (Wildman–Crippen MR) is 49.5 cm³/mol. The Morgan fingerprint density at radius 3 is 3.00 bits per heavy atom. The SMILES string of the molecule is Cn1nnc2c3ccccc3cn21. The Kier molecular flexibility index (Phi) is 1.07. The minimum atomic E-state index is 0.915. The Hall–Kier alpha value is -1.84. The molecular weight excluding hydrogens is 164 g/mol. The molecule has 0 unspecified atom stereocenters. The molecule has 0 N–H and O–H groups in total. The van der Waals surface area contributed by atoms with Crippen molar-refractivity contribution in [3.63, 3.8) is 0 Å². The molecule has 4 heteroatoms. The van der Waals surface area contributed by atoms with E-state index in [9.17, 15) is 0 Å². The topological polar surface area (TPSA) is 35.1 Å². The van der Waals surface area contributed by atoms with Crippen LogP contribution < -0.4 is 0 Å². The fourth-order valence-electron chi connectivity index (χ4n) is 1.60. The van der Waals surface area contributed by atoms with Crippen molar-refractivity contribution < 1.29 is 0 Å². The van der Waals surface area contributed by atoms with Gasteiger partial charge in [0.1, 0.15) is 0 Å². The van der Waals surface area contributed by atoms with E-state index < -0.39 is 0 Å². The minimum absolute atomic E-state index is 0.915. The molecule has 0 fully saturated rings. The third-order valence-electron chi connectivity index (χ3n) is 2.26. The molecular formula is C9H8N4. The van der Waals surface area contributed by atoms with Gasteiger partial charge in [-0.1, -0.05) is 24.3 Å². The molecule has 64 valence electrons. The van der Waals surface area contributed by atoms with E-state index in [-0.39, 0.29) is 0 Å². The van der Waals surface area contributed by atoms with Crippen LogP contribution in [0.25, 0.3) is 16.4 Å². The van der Waals surface area contributed by atoms with Crippen LogP contribution in [0, 0.1) is 0 Å². The fraction of sp³-hybridized carbons (Fsp3) is 0.111. The summed E-state index contributed by atoms with van der Waals surface area (Å²) >= 11 is 0. The molecule has 0 aliphatic rings. The van der Waals surface area contributed by atoms with E-state index in [0.717, 1.165) is 11.0 Å². The van der Waals surface area contributed by atoms with Gasteiger partial charge in [0.25, 0.3) is 0 Å². The monoisotopic (exact) mass is 172 g/mol. The third kappa shape index (κ3) is 0.744. The number of nitrogens with zero attached hydrogens (tertiary/aromatic N) is 4. The first-order chi connectivity index (χ1) is 6.36. The number of hydrogen-bond donors (Lipinski definition) is 0. The summed E-state index contributed by atoms with van der Waals surface area (Å²) in [5, 5.41) is 10.4. The van der Waals surface area contributed by atoms with Crippen LogP contribution in [0.2, 0.25) is 0 Å². The molecule has 4 nitrogen and oxygen atoms in total. The number of hydrogen-bond acceptors (Lipinski definition) is 2. The number of rotatable bonds is 0. The second kappa shape index (κ2) is 2.10. The quantitative estimate of drug-likeness (QED) is 0.511. The second-order valence-corrected chi connectivity index (χ2v) is 3.06. The van der Waals surface area contributed by atoms with Crippen LogP contribution in [0.15, 0.2) is 30.5 Å². The molecule has 3 rings (SSSR count). The van der Waals surface area contributed by atoms with E-state index >= 15 is 0 Å². The number of benzene rings is 1. The molecule has 1 aromatic carbocycles. The minimum Gasteiger partial charge on any atom is -0.223 e. The van der Waals surface area contributed by atoms with E-state index in [2.05, 4.69) is 22.4 Å². The first-order valence-electron chi connectivity index (χ1n) is 4.12. The number of tetrazole rings is 1. The average molecular weight is 172 g/mol. The van der Waals surface area contributed by atoms with Gasteiger partial charge in [-0.05, 0) is 5.21 Å². The summed E-state index contributed by atoms with van der Waals surface area (Å²) in [7, 11) is 1.87. The smallest absolute Gasteiger partial charge is 0.185 e. The third-order valence-corrected chi connectivity index (χ3v) is 2.26. The summed E-state index contributed by atoms with van der Waals surface area (Å²) in [6, 6.07) is 8.16.